The minimum atomic E-state index is -0.161. The quantitative estimate of drug-likeness (QED) is 0.796. The topological polar surface area (TPSA) is 59.8 Å². The molecule has 1 heterocycles. The standard InChI is InChI=1S/C17H17ClN4O/c1-11(2)22-16-8-7-12(9-15(16)20-21-22)17(23)19-10-13-5-3-4-6-14(13)18/h3-9,11H,10H2,1-2H3,(H,19,23). The molecule has 1 aromatic heterocycles. The minimum Gasteiger partial charge on any atom is -0.348 e. The first-order valence-electron chi connectivity index (χ1n) is 7.43. The fourth-order valence-corrected chi connectivity index (χ4v) is 2.59. The molecule has 2 aromatic carbocycles. The van der Waals surface area contributed by atoms with Crippen LogP contribution in [0, 0.1) is 0 Å². The van der Waals surface area contributed by atoms with Crippen molar-refractivity contribution in [3.8, 4) is 0 Å². The lowest BCUT2D eigenvalue weighted by Gasteiger charge is -2.08. The van der Waals surface area contributed by atoms with Gasteiger partial charge in [0.25, 0.3) is 5.91 Å². The number of benzene rings is 2. The van der Waals surface area contributed by atoms with Gasteiger partial charge >= 0.3 is 0 Å². The fraction of sp³-hybridized carbons (Fsp3) is 0.235. The Bertz CT molecular complexity index is 857. The molecule has 3 rings (SSSR count). The van der Waals surface area contributed by atoms with E-state index in [0.717, 1.165) is 11.1 Å². The molecular weight excluding hydrogens is 312 g/mol. The molecule has 0 aliphatic carbocycles. The molecule has 23 heavy (non-hydrogen) atoms. The summed E-state index contributed by atoms with van der Waals surface area (Å²) in [7, 11) is 0. The van der Waals surface area contributed by atoms with Crippen molar-refractivity contribution in [2.24, 2.45) is 0 Å². The zero-order chi connectivity index (χ0) is 16.4. The normalized spacial score (nSPS) is 11.1. The fourth-order valence-electron chi connectivity index (χ4n) is 2.38. The minimum absolute atomic E-state index is 0.161. The van der Waals surface area contributed by atoms with Crippen LogP contribution in [0.1, 0.15) is 35.8 Å². The maximum atomic E-state index is 12.3. The van der Waals surface area contributed by atoms with E-state index in [1.165, 1.54) is 0 Å². The Balaban J connectivity index is 1.77. The monoisotopic (exact) mass is 328 g/mol. The Hall–Kier alpha value is -2.40. The van der Waals surface area contributed by atoms with E-state index < -0.39 is 0 Å². The number of hydrogen-bond donors (Lipinski definition) is 1. The lowest BCUT2D eigenvalue weighted by molar-refractivity contribution is 0.0951. The van der Waals surface area contributed by atoms with Crippen LogP contribution in [0.5, 0.6) is 0 Å². The number of rotatable bonds is 4. The summed E-state index contributed by atoms with van der Waals surface area (Å²) in [6.45, 7) is 4.46. The molecule has 0 unspecified atom stereocenters. The van der Waals surface area contributed by atoms with Crippen molar-refractivity contribution in [3.05, 3.63) is 58.6 Å². The number of aromatic nitrogens is 3. The summed E-state index contributed by atoms with van der Waals surface area (Å²) in [5.41, 5.74) is 3.07. The molecule has 0 atom stereocenters. The number of carbonyl (C=O) groups excluding carboxylic acids is 1. The van der Waals surface area contributed by atoms with Crippen molar-refractivity contribution in [2.75, 3.05) is 0 Å². The molecule has 6 heteroatoms. The number of halogens is 1. The molecule has 0 fully saturated rings. The average molecular weight is 329 g/mol. The van der Waals surface area contributed by atoms with Crippen LogP contribution in [-0.4, -0.2) is 20.9 Å². The summed E-state index contributed by atoms with van der Waals surface area (Å²) in [6.07, 6.45) is 0. The molecule has 0 saturated carbocycles. The van der Waals surface area contributed by atoms with Gasteiger partial charge in [-0.15, -0.1) is 5.10 Å². The second-order valence-electron chi connectivity index (χ2n) is 5.61. The van der Waals surface area contributed by atoms with E-state index in [9.17, 15) is 4.79 Å². The van der Waals surface area contributed by atoms with Crippen LogP contribution in [0.3, 0.4) is 0 Å². The molecule has 0 radical (unpaired) electrons. The number of nitrogens with zero attached hydrogens (tertiary/aromatic N) is 3. The average Bonchev–Trinajstić information content (AvgIpc) is 2.97. The summed E-state index contributed by atoms with van der Waals surface area (Å²) in [4.78, 5) is 12.3. The highest BCUT2D eigenvalue weighted by Gasteiger charge is 2.12. The molecule has 0 spiro atoms. The Kier molecular flexibility index (Phi) is 4.30. The summed E-state index contributed by atoms with van der Waals surface area (Å²) >= 11 is 6.09. The molecule has 0 saturated heterocycles. The van der Waals surface area contributed by atoms with Gasteiger partial charge in [-0.2, -0.15) is 0 Å². The van der Waals surface area contributed by atoms with Crippen LogP contribution >= 0.6 is 11.6 Å². The van der Waals surface area contributed by atoms with Crippen molar-refractivity contribution in [1.29, 1.82) is 0 Å². The van der Waals surface area contributed by atoms with E-state index in [2.05, 4.69) is 15.6 Å². The highest BCUT2D eigenvalue weighted by molar-refractivity contribution is 6.31. The van der Waals surface area contributed by atoms with E-state index in [1.54, 1.807) is 18.2 Å². The lowest BCUT2D eigenvalue weighted by Crippen LogP contribution is -2.22. The van der Waals surface area contributed by atoms with Gasteiger partial charge in [-0.05, 0) is 43.7 Å². The van der Waals surface area contributed by atoms with Crippen molar-refractivity contribution in [2.45, 2.75) is 26.4 Å². The number of fused-ring (bicyclic) bond motifs is 1. The SMILES string of the molecule is CC(C)n1nnc2cc(C(=O)NCc3ccccc3Cl)ccc21. The summed E-state index contributed by atoms with van der Waals surface area (Å²) in [5.74, 6) is -0.161. The Morgan fingerprint density at radius 3 is 2.78 bits per heavy atom. The zero-order valence-electron chi connectivity index (χ0n) is 13.0. The molecule has 3 aromatic rings. The van der Waals surface area contributed by atoms with Crippen LogP contribution in [0.4, 0.5) is 0 Å². The molecule has 0 bridgehead atoms. The third kappa shape index (κ3) is 3.19. The second kappa shape index (κ2) is 6.38. The number of carbonyl (C=O) groups is 1. The van der Waals surface area contributed by atoms with E-state index >= 15 is 0 Å². The molecule has 0 aliphatic rings. The Morgan fingerprint density at radius 2 is 2.04 bits per heavy atom. The lowest BCUT2D eigenvalue weighted by atomic mass is 10.1. The number of nitrogens with one attached hydrogen (secondary N) is 1. The zero-order valence-corrected chi connectivity index (χ0v) is 13.7. The summed E-state index contributed by atoms with van der Waals surface area (Å²) in [5, 5.41) is 11.8. The van der Waals surface area contributed by atoms with Crippen LogP contribution in [0.25, 0.3) is 11.0 Å². The van der Waals surface area contributed by atoms with Crippen molar-refractivity contribution in [1.82, 2.24) is 20.3 Å². The predicted octanol–water partition coefficient (Wildman–Crippen LogP) is 3.60. The first kappa shape index (κ1) is 15.5. The second-order valence-corrected chi connectivity index (χ2v) is 6.01. The highest BCUT2D eigenvalue weighted by Crippen LogP contribution is 2.18. The van der Waals surface area contributed by atoms with E-state index in [4.69, 9.17) is 11.6 Å². The third-order valence-electron chi connectivity index (χ3n) is 3.62. The first-order chi connectivity index (χ1) is 11.1. The smallest absolute Gasteiger partial charge is 0.251 e. The van der Waals surface area contributed by atoms with Gasteiger partial charge in [-0.3, -0.25) is 4.79 Å². The van der Waals surface area contributed by atoms with Crippen molar-refractivity contribution in [3.63, 3.8) is 0 Å². The van der Waals surface area contributed by atoms with Gasteiger partial charge in [0.05, 0.1) is 5.52 Å². The highest BCUT2D eigenvalue weighted by atomic mass is 35.5. The molecule has 118 valence electrons. The van der Waals surface area contributed by atoms with Crippen LogP contribution in [0.15, 0.2) is 42.5 Å². The van der Waals surface area contributed by atoms with Crippen LogP contribution in [-0.2, 0) is 6.54 Å². The Morgan fingerprint density at radius 1 is 1.26 bits per heavy atom. The largest absolute Gasteiger partial charge is 0.348 e. The van der Waals surface area contributed by atoms with Gasteiger partial charge in [0.15, 0.2) is 0 Å². The van der Waals surface area contributed by atoms with E-state index in [-0.39, 0.29) is 11.9 Å². The van der Waals surface area contributed by atoms with E-state index in [0.29, 0.717) is 22.6 Å². The maximum Gasteiger partial charge on any atom is 0.251 e. The number of amides is 1. The molecule has 1 amide bonds. The Labute approximate surface area is 139 Å². The third-order valence-corrected chi connectivity index (χ3v) is 3.99. The number of hydrogen-bond acceptors (Lipinski definition) is 3. The molecule has 5 nitrogen and oxygen atoms in total. The van der Waals surface area contributed by atoms with Crippen molar-refractivity contribution < 1.29 is 4.79 Å². The van der Waals surface area contributed by atoms with Gasteiger partial charge in [0.1, 0.15) is 5.52 Å². The molecule has 1 N–H and O–H groups in total. The van der Waals surface area contributed by atoms with Crippen molar-refractivity contribution >= 4 is 28.5 Å². The van der Waals surface area contributed by atoms with Gasteiger partial charge in [-0.1, -0.05) is 35.0 Å². The van der Waals surface area contributed by atoms with Crippen LogP contribution < -0.4 is 5.32 Å². The van der Waals surface area contributed by atoms with Gasteiger partial charge in [0.2, 0.25) is 0 Å². The first-order valence-corrected chi connectivity index (χ1v) is 7.80. The maximum absolute atomic E-state index is 12.3. The molecule has 0 aliphatic heterocycles. The molecular formula is C17H17ClN4O. The summed E-state index contributed by atoms with van der Waals surface area (Å²) in [6, 6.07) is 13.1. The van der Waals surface area contributed by atoms with Gasteiger partial charge in [-0.25, -0.2) is 4.68 Å². The summed E-state index contributed by atoms with van der Waals surface area (Å²) < 4.78 is 1.83. The predicted molar refractivity (Wildman–Crippen MR) is 90.5 cm³/mol. The van der Waals surface area contributed by atoms with Gasteiger partial charge in [0, 0.05) is 23.2 Å². The van der Waals surface area contributed by atoms with Crippen LogP contribution in [0.2, 0.25) is 5.02 Å². The van der Waals surface area contributed by atoms with Gasteiger partial charge < -0.3 is 5.32 Å². The van der Waals surface area contributed by atoms with E-state index in [1.807, 2.05) is 42.8 Å².